The van der Waals surface area contributed by atoms with E-state index in [2.05, 4.69) is 137 Å². The van der Waals surface area contributed by atoms with Crippen molar-refractivity contribution in [2.75, 3.05) is 0 Å². The minimum absolute atomic E-state index is 0.389. The van der Waals surface area contributed by atoms with E-state index in [1.807, 2.05) is 47.7 Å². The van der Waals surface area contributed by atoms with Crippen LogP contribution in [0.5, 0.6) is 0 Å². The predicted octanol–water partition coefficient (Wildman–Crippen LogP) is 12.0. The summed E-state index contributed by atoms with van der Waals surface area (Å²) in [6, 6.07) is 57.9. The highest BCUT2D eigenvalue weighted by Gasteiger charge is 2.15. The second-order valence-electron chi connectivity index (χ2n) is 12.5. The van der Waals surface area contributed by atoms with Crippen LogP contribution < -0.4 is 0 Å². The van der Waals surface area contributed by atoms with Crippen LogP contribution in [0.15, 0.2) is 158 Å². The van der Waals surface area contributed by atoms with E-state index >= 15 is 0 Å². The number of fused-ring (bicyclic) bond motifs is 7. The molecular weight excluding hydrogens is 629 g/mol. The minimum Gasteiger partial charge on any atom is -0.309 e. The second-order valence-corrected chi connectivity index (χ2v) is 13.6. The van der Waals surface area contributed by atoms with Gasteiger partial charge in [0, 0.05) is 47.6 Å². The molecule has 3 heterocycles. The number of rotatable bonds is 4. The molecular formula is C45H26N4S. The highest BCUT2D eigenvalue weighted by atomic mass is 32.1. The topological polar surface area (TPSA) is 54.5 Å². The molecule has 7 aromatic carbocycles. The smallest absolute Gasteiger partial charge is 0.161 e. The molecule has 0 atom stereocenters. The number of nitrogens with zero attached hydrogens (tertiary/aromatic N) is 4. The van der Waals surface area contributed by atoms with Gasteiger partial charge in [0.15, 0.2) is 11.5 Å². The first kappa shape index (κ1) is 28.4. The SMILES string of the molecule is N#Cc1nc(-c2ccc(-c3ccc(-n4c5ccccc5c5cc(-c6ccc7sc8ccccc8c7c6)ccc54)cc3)cc2)nc2ccccc12. The molecule has 0 radical (unpaired) electrons. The van der Waals surface area contributed by atoms with Crippen LogP contribution in [0, 0.1) is 11.3 Å². The first-order valence-corrected chi connectivity index (χ1v) is 17.4. The third kappa shape index (κ3) is 4.51. The van der Waals surface area contributed by atoms with Gasteiger partial charge in [-0.3, -0.25) is 0 Å². The number of para-hydroxylation sites is 2. The van der Waals surface area contributed by atoms with Crippen molar-refractivity contribution in [3.63, 3.8) is 0 Å². The summed E-state index contributed by atoms with van der Waals surface area (Å²) < 4.78 is 5.01. The lowest BCUT2D eigenvalue weighted by atomic mass is 10.0. The Morgan fingerprint density at radius 3 is 1.84 bits per heavy atom. The Kier molecular flexibility index (Phi) is 6.38. The lowest BCUT2D eigenvalue weighted by Gasteiger charge is -2.10. The molecule has 10 rings (SSSR count). The maximum absolute atomic E-state index is 9.68. The summed E-state index contributed by atoms with van der Waals surface area (Å²) in [4.78, 5) is 9.28. The zero-order valence-electron chi connectivity index (χ0n) is 26.7. The fraction of sp³-hybridized carbons (Fsp3) is 0. The Morgan fingerprint density at radius 1 is 0.460 bits per heavy atom. The summed E-state index contributed by atoms with van der Waals surface area (Å²) in [5.41, 5.74) is 10.2. The molecule has 0 fully saturated rings. The van der Waals surface area contributed by atoms with Gasteiger partial charge in [-0.1, -0.05) is 97.1 Å². The Balaban J connectivity index is 1.01. The summed E-state index contributed by atoms with van der Waals surface area (Å²) in [6.07, 6.45) is 0. The Morgan fingerprint density at radius 2 is 1.04 bits per heavy atom. The molecule has 0 aliphatic carbocycles. The van der Waals surface area contributed by atoms with Gasteiger partial charge in [0.25, 0.3) is 0 Å². The number of thiophene rings is 1. The zero-order chi connectivity index (χ0) is 33.2. The number of nitriles is 1. The molecule has 0 saturated carbocycles. The quantitative estimate of drug-likeness (QED) is 0.190. The monoisotopic (exact) mass is 654 g/mol. The molecule has 0 aliphatic heterocycles. The molecule has 10 aromatic rings. The van der Waals surface area contributed by atoms with Crippen molar-refractivity contribution < 1.29 is 0 Å². The third-order valence-electron chi connectivity index (χ3n) is 9.69. The van der Waals surface area contributed by atoms with Crippen molar-refractivity contribution in [3.05, 3.63) is 163 Å². The average molecular weight is 655 g/mol. The lowest BCUT2D eigenvalue weighted by Crippen LogP contribution is -1.95. The molecule has 50 heavy (non-hydrogen) atoms. The maximum atomic E-state index is 9.68. The standard InChI is InChI=1S/C45H26N4S/c46-27-40-36-9-1-4-10-39(36)47-45(48-40)30-15-13-28(14-16-30)29-17-21-33(22-18-29)49-41-11-5-2-7-34(41)37-25-31(19-23-42(37)49)32-20-24-44-38(26-32)35-8-3-6-12-43(35)50-44/h1-26H. The van der Waals surface area contributed by atoms with Gasteiger partial charge in [-0.25, -0.2) is 9.97 Å². The first-order chi connectivity index (χ1) is 24.7. The van der Waals surface area contributed by atoms with E-state index in [1.165, 1.54) is 53.1 Å². The van der Waals surface area contributed by atoms with E-state index < -0.39 is 0 Å². The predicted molar refractivity (Wildman–Crippen MR) is 208 cm³/mol. The van der Waals surface area contributed by atoms with Crippen LogP contribution in [0.2, 0.25) is 0 Å². The summed E-state index contributed by atoms with van der Waals surface area (Å²) in [7, 11) is 0. The molecule has 0 amide bonds. The number of hydrogen-bond donors (Lipinski definition) is 0. The molecule has 0 spiro atoms. The van der Waals surface area contributed by atoms with Crippen LogP contribution in [0.3, 0.4) is 0 Å². The van der Waals surface area contributed by atoms with E-state index in [0.29, 0.717) is 11.5 Å². The number of benzene rings is 7. The van der Waals surface area contributed by atoms with Gasteiger partial charge in [-0.05, 0) is 82.9 Å². The van der Waals surface area contributed by atoms with Crippen LogP contribution >= 0.6 is 11.3 Å². The van der Waals surface area contributed by atoms with E-state index in [0.717, 1.165) is 33.3 Å². The molecule has 232 valence electrons. The van der Waals surface area contributed by atoms with Crippen molar-refractivity contribution in [2.24, 2.45) is 0 Å². The number of aromatic nitrogens is 3. The molecule has 0 saturated heterocycles. The Labute approximate surface area is 291 Å². The molecule has 0 aliphatic rings. The zero-order valence-corrected chi connectivity index (χ0v) is 27.5. The van der Waals surface area contributed by atoms with Crippen molar-refractivity contribution in [2.45, 2.75) is 0 Å². The van der Waals surface area contributed by atoms with Gasteiger partial charge in [0.1, 0.15) is 6.07 Å². The lowest BCUT2D eigenvalue weighted by molar-refractivity contribution is 1.18. The highest BCUT2D eigenvalue weighted by Crippen LogP contribution is 2.39. The van der Waals surface area contributed by atoms with Crippen molar-refractivity contribution in [1.29, 1.82) is 5.26 Å². The largest absolute Gasteiger partial charge is 0.309 e. The van der Waals surface area contributed by atoms with E-state index in [-0.39, 0.29) is 0 Å². The fourth-order valence-electron chi connectivity index (χ4n) is 7.24. The van der Waals surface area contributed by atoms with Gasteiger partial charge >= 0.3 is 0 Å². The maximum Gasteiger partial charge on any atom is 0.161 e. The van der Waals surface area contributed by atoms with E-state index in [1.54, 1.807) is 0 Å². The van der Waals surface area contributed by atoms with Crippen LogP contribution in [0.4, 0.5) is 0 Å². The third-order valence-corrected chi connectivity index (χ3v) is 10.8. The van der Waals surface area contributed by atoms with E-state index in [4.69, 9.17) is 4.98 Å². The van der Waals surface area contributed by atoms with Crippen LogP contribution in [0.25, 0.3) is 92.2 Å². The van der Waals surface area contributed by atoms with Crippen LogP contribution in [0.1, 0.15) is 5.69 Å². The molecule has 3 aromatic heterocycles. The Bertz CT molecular complexity index is 2980. The van der Waals surface area contributed by atoms with Crippen molar-refractivity contribution in [3.8, 4) is 45.4 Å². The van der Waals surface area contributed by atoms with Crippen LogP contribution in [-0.4, -0.2) is 14.5 Å². The van der Waals surface area contributed by atoms with Gasteiger partial charge in [-0.2, -0.15) is 5.26 Å². The molecule has 0 N–H and O–H groups in total. The first-order valence-electron chi connectivity index (χ1n) is 16.5. The summed E-state index contributed by atoms with van der Waals surface area (Å²) in [5, 5.41) is 15.6. The molecule has 0 bridgehead atoms. The summed E-state index contributed by atoms with van der Waals surface area (Å²) in [6.45, 7) is 0. The number of hydrogen-bond acceptors (Lipinski definition) is 4. The molecule has 0 unspecified atom stereocenters. The fourth-order valence-corrected chi connectivity index (χ4v) is 8.33. The van der Waals surface area contributed by atoms with Crippen molar-refractivity contribution >= 4 is 64.2 Å². The average Bonchev–Trinajstić information content (AvgIpc) is 3.72. The normalized spacial score (nSPS) is 11.6. The Hall–Kier alpha value is -6.61. The molecule has 4 nitrogen and oxygen atoms in total. The van der Waals surface area contributed by atoms with Crippen LogP contribution in [-0.2, 0) is 0 Å². The minimum atomic E-state index is 0.389. The summed E-state index contributed by atoms with van der Waals surface area (Å²) >= 11 is 1.85. The molecule has 5 heteroatoms. The highest BCUT2D eigenvalue weighted by molar-refractivity contribution is 7.25. The van der Waals surface area contributed by atoms with Crippen molar-refractivity contribution in [1.82, 2.24) is 14.5 Å². The second kappa shape index (κ2) is 11.2. The van der Waals surface area contributed by atoms with Gasteiger partial charge in [0.05, 0.1) is 16.6 Å². The van der Waals surface area contributed by atoms with Gasteiger partial charge in [-0.15, -0.1) is 11.3 Å². The van der Waals surface area contributed by atoms with E-state index in [9.17, 15) is 5.26 Å². The van der Waals surface area contributed by atoms with Gasteiger partial charge in [0.2, 0.25) is 0 Å². The summed E-state index contributed by atoms with van der Waals surface area (Å²) in [5.74, 6) is 0.553. The van der Waals surface area contributed by atoms with Gasteiger partial charge < -0.3 is 4.57 Å².